The topological polar surface area (TPSA) is 92.6 Å². The van der Waals surface area contributed by atoms with Crippen LogP contribution in [-0.2, 0) is 4.79 Å². The van der Waals surface area contributed by atoms with E-state index < -0.39 is 4.92 Å². The summed E-state index contributed by atoms with van der Waals surface area (Å²) >= 11 is 0. The summed E-state index contributed by atoms with van der Waals surface area (Å²) in [5.74, 6) is -0.369. The molecule has 0 aliphatic rings. The normalized spacial score (nSPS) is 11.6. The summed E-state index contributed by atoms with van der Waals surface area (Å²) in [4.78, 5) is 34.4. The van der Waals surface area contributed by atoms with Crippen molar-refractivity contribution in [2.24, 2.45) is 5.92 Å². The van der Waals surface area contributed by atoms with Crippen LogP contribution in [-0.4, -0.2) is 37.8 Å². The van der Waals surface area contributed by atoms with Crippen LogP contribution in [0.1, 0.15) is 17.3 Å². The van der Waals surface area contributed by atoms with E-state index in [1.807, 2.05) is 0 Å². The first-order valence-corrected chi connectivity index (χ1v) is 6.07. The molecular formula is C13H17N3O4. The van der Waals surface area contributed by atoms with Gasteiger partial charge in [0.05, 0.1) is 10.8 Å². The molecule has 1 unspecified atom stereocenters. The van der Waals surface area contributed by atoms with Crippen LogP contribution in [0.15, 0.2) is 18.2 Å². The van der Waals surface area contributed by atoms with Gasteiger partial charge in [0.15, 0.2) is 6.29 Å². The molecular weight excluding hydrogens is 262 g/mol. The number of amides is 1. The lowest BCUT2D eigenvalue weighted by atomic mass is 10.1. The summed E-state index contributed by atoms with van der Waals surface area (Å²) in [6.07, 6.45) is 0.573. The van der Waals surface area contributed by atoms with Gasteiger partial charge in [-0.25, -0.2) is 0 Å². The molecule has 0 saturated carbocycles. The molecule has 0 heterocycles. The van der Waals surface area contributed by atoms with E-state index in [1.165, 1.54) is 18.2 Å². The van der Waals surface area contributed by atoms with E-state index in [2.05, 4.69) is 5.32 Å². The molecule has 1 atom stereocenters. The van der Waals surface area contributed by atoms with Gasteiger partial charge in [-0.05, 0) is 6.07 Å². The zero-order valence-corrected chi connectivity index (χ0v) is 11.6. The second-order valence-corrected chi connectivity index (χ2v) is 4.51. The number of nitrogens with zero attached hydrogens (tertiary/aromatic N) is 2. The van der Waals surface area contributed by atoms with Crippen molar-refractivity contribution in [1.82, 2.24) is 5.32 Å². The smallest absolute Gasteiger partial charge is 0.270 e. The Morgan fingerprint density at radius 1 is 1.55 bits per heavy atom. The number of hydrogen-bond donors (Lipinski definition) is 1. The van der Waals surface area contributed by atoms with Gasteiger partial charge < -0.3 is 10.2 Å². The number of rotatable bonds is 6. The van der Waals surface area contributed by atoms with Crippen LogP contribution < -0.4 is 10.2 Å². The highest BCUT2D eigenvalue weighted by Crippen LogP contribution is 2.24. The zero-order valence-electron chi connectivity index (χ0n) is 11.6. The molecule has 1 aromatic rings. The van der Waals surface area contributed by atoms with Crippen molar-refractivity contribution >= 4 is 23.6 Å². The number of nitrogens with one attached hydrogen (secondary N) is 1. The predicted molar refractivity (Wildman–Crippen MR) is 75.0 cm³/mol. The van der Waals surface area contributed by atoms with Crippen molar-refractivity contribution in [2.45, 2.75) is 6.92 Å². The molecule has 1 rings (SSSR count). The average molecular weight is 279 g/mol. The first-order chi connectivity index (χ1) is 9.40. The van der Waals surface area contributed by atoms with Gasteiger partial charge in [0, 0.05) is 44.0 Å². The molecule has 0 spiro atoms. The van der Waals surface area contributed by atoms with Crippen LogP contribution in [0.5, 0.6) is 0 Å². The first kappa shape index (κ1) is 15.6. The highest BCUT2D eigenvalue weighted by molar-refractivity contribution is 5.86. The molecule has 0 aliphatic carbocycles. The maximum absolute atomic E-state index is 11.5. The molecule has 0 aliphatic heterocycles. The Balaban J connectivity index is 2.98. The molecule has 7 heteroatoms. The third-order valence-electron chi connectivity index (χ3n) is 3.00. The standard InChI is InChI=1S/C13H17N3O4/c1-9(13(18)14-2)7-15(3)12-5-4-11(16(19)20)6-10(12)8-17/h4-6,8-9H,7H2,1-3H3,(H,14,18). The lowest BCUT2D eigenvalue weighted by Crippen LogP contribution is -2.34. The Morgan fingerprint density at radius 2 is 2.20 bits per heavy atom. The largest absolute Gasteiger partial charge is 0.373 e. The van der Waals surface area contributed by atoms with Gasteiger partial charge in [0.2, 0.25) is 5.91 Å². The highest BCUT2D eigenvalue weighted by Gasteiger charge is 2.17. The fourth-order valence-electron chi connectivity index (χ4n) is 1.94. The minimum Gasteiger partial charge on any atom is -0.373 e. The summed E-state index contributed by atoms with van der Waals surface area (Å²) in [5.41, 5.74) is 0.649. The number of aldehydes is 1. The van der Waals surface area contributed by atoms with Crippen molar-refractivity contribution in [3.05, 3.63) is 33.9 Å². The molecule has 0 fully saturated rings. The van der Waals surface area contributed by atoms with Gasteiger partial charge in [-0.15, -0.1) is 0 Å². The molecule has 0 aromatic heterocycles. The number of benzene rings is 1. The molecule has 1 amide bonds. The van der Waals surface area contributed by atoms with E-state index in [4.69, 9.17) is 0 Å². The Morgan fingerprint density at radius 3 is 2.70 bits per heavy atom. The van der Waals surface area contributed by atoms with Crippen molar-refractivity contribution in [1.29, 1.82) is 0 Å². The van der Waals surface area contributed by atoms with Gasteiger partial charge in [-0.1, -0.05) is 6.92 Å². The van der Waals surface area contributed by atoms with Crippen LogP contribution >= 0.6 is 0 Å². The van der Waals surface area contributed by atoms with Crippen LogP contribution in [0.2, 0.25) is 0 Å². The SMILES string of the molecule is CNC(=O)C(C)CN(C)c1ccc([N+](=O)[O-])cc1C=O. The number of carbonyl (C=O) groups is 2. The maximum Gasteiger partial charge on any atom is 0.270 e. The van der Waals surface area contributed by atoms with Crippen molar-refractivity contribution in [2.75, 3.05) is 25.5 Å². The number of nitro benzene ring substituents is 1. The monoisotopic (exact) mass is 279 g/mol. The van der Waals surface area contributed by atoms with Gasteiger partial charge in [0.1, 0.15) is 0 Å². The van der Waals surface area contributed by atoms with E-state index in [1.54, 1.807) is 25.9 Å². The Labute approximate surface area is 116 Å². The third-order valence-corrected chi connectivity index (χ3v) is 3.00. The maximum atomic E-state index is 11.5. The van der Waals surface area contributed by atoms with Gasteiger partial charge >= 0.3 is 0 Å². The Kier molecular flexibility index (Phi) is 5.19. The number of carbonyl (C=O) groups excluding carboxylic acids is 2. The summed E-state index contributed by atoms with van der Waals surface area (Å²) in [6.45, 7) is 2.17. The highest BCUT2D eigenvalue weighted by atomic mass is 16.6. The Bertz CT molecular complexity index is 530. The zero-order chi connectivity index (χ0) is 15.3. The number of nitro groups is 1. The summed E-state index contributed by atoms with van der Waals surface area (Å²) in [6, 6.07) is 4.07. The number of hydrogen-bond acceptors (Lipinski definition) is 5. The van der Waals surface area contributed by atoms with Gasteiger partial charge in [-0.3, -0.25) is 19.7 Å². The minimum atomic E-state index is -0.552. The molecule has 108 valence electrons. The lowest BCUT2D eigenvalue weighted by molar-refractivity contribution is -0.384. The van der Waals surface area contributed by atoms with Crippen LogP contribution in [0, 0.1) is 16.0 Å². The average Bonchev–Trinajstić information content (AvgIpc) is 2.45. The number of non-ortho nitro benzene ring substituents is 1. The minimum absolute atomic E-state index is 0.105. The predicted octanol–water partition coefficient (Wildman–Crippen LogP) is 1.23. The summed E-state index contributed by atoms with van der Waals surface area (Å²) < 4.78 is 0. The van der Waals surface area contributed by atoms with E-state index in [9.17, 15) is 19.7 Å². The molecule has 1 N–H and O–H groups in total. The van der Waals surface area contributed by atoms with Gasteiger partial charge in [-0.2, -0.15) is 0 Å². The lowest BCUT2D eigenvalue weighted by Gasteiger charge is -2.23. The van der Waals surface area contributed by atoms with Crippen molar-refractivity contribution in [3.8, 4) is 0 Å². The number of anilines is 1. The van der Waals surface area contributed by atoms with Crippen LogP contribution in [0.3, 0.4) is 0 Å². The fourth-order valence-corrected chi connectivity index (χ4v) is 1.94. The van der Waals surface area contributed by atoms with E-state index in [0.717, 1.165) is 0 Å². The quantitative estimate of drug-likeness (QED) is 0.480. The molecule has 20 heavy (non-hydrogen) atoms. The van der Waals surface area contributed by atoms with Crippen LogP contribution in [0.25, 0.3) is 0 Å². The van der Waals surface area contributed by atoms with Gasteiger partial charge in [0.25, 0.3) is 5.69 Å². The fraction of sp³-hybridized carbons (Fsp3) is 0.385. The first-order valence-electron chi connectivity index (χ1n) is 6.07. The third kappa shape index (κ3) is 3.53. The Hall–Kier alpha value is -2.44. The van der Waals surface area contributed by atoms with E-state index in [0.29, 0.717) is 18.5 Å². The summed E-state index contributed by atoms with van der Waals surface area (Å²) in [7, 11) is 3.29. The van der Waals surface area contributed by atoms with Crippen LogP contribution in [0.4, 0.5) is 11.4 Å². The molecule has 0 saturated heterocycles. The molecule has 0 radical (unpaired) electrons. The van der Waals surface area contributed by atoms with E-state index in [-0.39, 0.29) is 23.1 Å². The molecule has 1 aromatic carbocycles. The molecule has 0 bridgehead atoms. The second kappa shape index (κ2) is 6.65. The summed E-state index contributed by atoms with van der Waals surface area (Å²) in [5, 5.41) is 13.2. The molecule has 7 nitrogen and oxygen atoms in total. The second-order valence-electron chi connectivity index (χ2n) is 4.51. The van der Waals surface area contributed by atoms with Crippen molar-refractivity contribution in [3.63, 3.8) is 0 Å². The van der Waals surface area contributed by atoms with Crippen molar-refractivity contribution < 1.29 is 14.5 Å². The van der Waals surface area contributed by atoms with E-state index >= 15 is 0 Å².